The van der Waals surface area contributed by atoms with E-state index in [1.165, 1.54) is 4.57 Å². The van der Waals surface area contributed by atoms with Crippen LogP contribution in [0.5, 0.6) is 0 Å². The molecule has 0 aliphatic rings. The number of aliphatic carboxylic acids is 1. The van der Waals surface area contributed by atoms with Gasteiger partial charge in [0.2, 0.25) is 0 Å². The van der Waals surface area contributed by atoms with Gasteiger partial charge in [0, 0.05) is 3.57 Å². The van der Waals surface area contributed by atoms with Gasteiger partial charge in [0.05, 0.1) is 17.4 Å². The van der Waals surface area contributed by atoms with Crippen molar-refractivity contribution >= 4 is 52.1 Å². The van der Waals surface area contributed by atoms with Crippen LogP contribution in [-0.2, 0) is 11.3 Å². The van der Waals surface area contributed by atoms with Gasteiger partial charge in [-0.25, -0.2) is 4.98 Å². The van der Waals surface area contributed by atoms with E-state index in [1.54, 1.807) is 12.1 Å². The van der Waals surface area contributed by atoms with Gasteiger partial charge in [-0.2, -0.15) is 12.6 Å². The molecular formula is C17H13IN2O3S. The number of hydrogen-bond donors (Lipinski definition) is 2. The van der Waals surface area contributed by atoms with E-state index < -0.39 is 11.2 Å². The summed E-state index contributed by atoms with van der Waals surface area (Å²) in [5.41, 5.74) is 1.09. The molecule has 0 fully saturated rings. The fourth-order valence-corrected chi connectivity index (χ4v) is 3.14. The van der Waals surface area contributed by atoms with Crippen LogP contribution in [0.2, 0.25) is 0 Å². The first-order valence-electron chi connectivity index (χ1n) is 7.12. The van der Waals surface area contributed by atoms with Crippen molar-refractivity contribution in [2.75, 3.05) is 0 Å². The largest absolute Gasteiger partial charge is 0.480 e. The van der Waals surface area contributed by atoms with Crippen LogP contribution in [0.4, 0.5) is 0 Å². The number of hydrogen-bond acceptors (Lipinski definition) is 4. The van der Waals surface area contributed by atoms with Crippen molar-refractivity contribution in [3.05, 3.63) is 73.8 Å². The Hall–Kier alpha value is -1.87. The van der Waals surface area contributed by atoms with Crippen molar-refractivity contribution in [1.29, 1.82) is 0 Å². The fourth-order valence-electron chi connectivity index (χ4n) is 2.45. The summed E-state index contributed by atoms with van der Waals surface area (Å²) >= 11 is 6.25. The number of aromatic nitrogens is 2. The number of thiol groups is 1. The third-order valence-corrected chi connectivity index (χ3v) is 4.73. The number of benzene rings is 2. The Labute approximate surface area is 156 Å². The van der Waals surface area contributed by atoms with E-state index in [0.29, 0.717) is 10.9 Å². The molecule has 0 saturated heterocycles. The maximum Gasteiger partial charge on any atom is 0.324 e. The SMILES string of the molecule is O=C(O)C(S)c1nc2ccc(I)cc2c(=O)n1Cc1ccccc1. The first kappa shape index (κ1) is 17.0. The Morgan fingerprint density at radius 2 is 1.96 bits per heavy atom. The number of halogens is 1. The van der Waals surface area contributed by atoms with E-state index in [4.69, 9.17) is 0 Å². The second-order valence-corrected chi connectivity index (χ2v) is 7.01. The van der Waals surface area contributed by atoms with E-state index >= 15 is 0 Å². The molecule has 1 heterocycles. The third-order valence-electron chi connectivity index (χ3n) is 3.61. The zero-order valence-corrected chi connectivity index (χ0v) is 15.4. The van der Waals surface area contributed by atoms with Crippen LogP contribution in [-0.4, -0.2) is 20.6 Å². The standard InChI is InChI=1S/C17H13IN2O3S/c18-11-6-7-13-12(8-11)16(21)20(9-10-4-2-1-3-5-10)15(19-13)14(24)17(22)23/h1-8,14,24H,9H2,(H,22,23). The smallest absolute Gasteiger partial charge is 0.324 e. The Morgan fingerprint density at radius 1 is 1.25 bits per heavy atom. The zero-order valence-electron chi connectivity index (χ0n) is 12.4. The van der Waals surface area contributed by atoms with E-state index in [-0.39, 0.29) is 17.9 Å². The van der Waals surface area contributed by atoms with Crippen LogP contribution in [0, 0.1) is 3.57 Å². The van der Waals surface area contributed by atoms with Crippen molar-refractivity contribution < 1.29 is 9.90 Å². The van der Waals surface area contributed by atoms with E-state index in [0.717, 1.165) is 9.13 Å². The van der Waals surface area contributed by atoms with Crippen molar-refractivity contribution in [1.82, 2.24) is 9.55 Å². The van der Waals surface area contributed by atoms with E-state index in [2.05, 4.69) is 40.2 Å². The number of carbonyl (C=O) groups is 1. The molecule has 3 aromatic rings. The van der Waals surface area contributed by atoms with Gasteiger partial charge in [0.25, 0.3) is 5.56 Å². The van der Waals surface area contributed by atoms with Crippen LogP contribution < -0.4 is 5.56 Å². The molecule has 1 aromatic heterocycles. The molecule has 0 aliphatic heterocycles. The highest BCUT2D eigenvalue weighted by Crippen LogP contribution is 2.21. The maximum absolute atomic E-state index is 12.9. The Kier molecular flexibility index (Phi) is 4.91. The van der Waals surface area contributed by atoms with E-state index in [9.17, 15) is 14.7 Å². The predicted octanol–water partition coefficient (Wildman–Crippen LogP) is 3.10. The highest BCUT2D eigenvalue weighted by atomic mass is 127. The quantitative estimate of drug-likeness (QED) is 0.472. The molecule has 1 unspecified atom stereocenters. The van der Waals surface area contributed by atoms with Gasteiger partial charge in [-0.05, 0) is 46.4 Å². The van der Waals surface area contributed by atoms with Crippen LogP contribution in [0.15, 0.2) is 53.3 Å². The van der Waals surface area contributed by atoms with Crippen molar-refractivity contribution in [2.24, 2.45) is 0 Å². The second kappa shape index (κ2) is 6.94. The van der Waals surface area contributed by atoms with Crippen molar-refractivity contribution in [3.8, 4) is 0 Å². The number of carboxylic acid groups (broad SMARTS) is 1. The summed E-state index contributed by atoms with van der Waals surface area (Å²) in [5.74, 6) is -1.01. The lowest BCUT2D eigenvalue weighted by atomic mass is 10.2. The van der Waals surface area contributed by atoms with Crippen molar-refractivity contribution in [3.63, 3.8) is 0 Å². The van der Waals surface area contributed by atoms with Crippen molar-refractivity contribution in [2.45, 2.75) is 11.8 Å². The minimum absolute atomic E-state index is 0.133. The molecule has 122 valence electrons. The summed E-state index contributed by atoms with van der Waals surface area (Å²) in [5, 5.41) is 8.59. The molecule has 24 heavy (non-hydrogen) atoms. The summed E-state index contributed by atoms with van der Waals surface area (Å²) in [6, 6.07) is 14.7. The number of rotatable bonds is 4. The monoisotopic (exact) mass is 452 g/mol. The molecule has 0 amide bonds. The van der Waals surface area contributed by atoms with Gasteiger partial charge in [0.1, 0.15) is 5.82 Å². The molecule has 5 nitrogen and oxygen atoms in total. The molecule has 0 radical (unpaired) electrons. The van der Waals surface area contributed by atoms with E-state index in [1.807, 2.05) is 36.4 Å². The third kappa shape index (κ3) is 3.32. The average Bonchev–Trinajstić information content (AvgIpc) is 2.58. The van der Waals surface area contributed by atoms with Crippen LogP contribution in [0.25, 0.3) is 10.9 Å². The molecule has 3 rings (SSSR count). The molecule has 0 saturated carbocycles. The Morgan fingerprint density at radius 3 is 2.62 bits per heavy atom. The molecule has 0 bridgehead atoms. The molecular weight excluding hydrogens is 439 g/mol. The predicted molar refractivity (Wildman–Crippen MR) is 104 cm³/mol. The number of carboxylic acids is 1. The number of fused-ring (bicyclic) bond motifs is 1. The summed E-state index contributed by atoms with van der Waals surface area (Å²) in [7, 11) is 0. The lowest BCUT2D eigenvalue weighted by Gasteiger charge is -2.16. The minimum Gasteiger partial charge on any atom is -0.480 e. The van der Waals surface area contributed by atoms with Gasteiger partial charge in [0.15, 0.2) is 5.25 Å². The normalized spacial score (nSPS) is 12.2. The Balaban J connectivity index is 2.26. The Bertz CT molecular complexity index is 973. The second-order valence-electron chi connectivity index (χ2n) is 5.25. The molecule has 1 N–H and O–H groups in total. The summed E-state index contributed by atoms with van der Waals surface area (Å²) in [6.45, 7) is 0.244. The van der Waals surface area contributed by atoms with Gasteiger partial charge >= 0.3 is 5.97 Å². The molecule has 2 aromatic carbocycles. The van der Waals surface area contributed by atoms with Crippen LogP contribution in [0.1, 0.15) is 16.6 Å². The average molecular weight is 452 g/mol. The summed E-state index contributed by atoms with van der Waals surface area (Å²) in [6.07, 6.45) is 0. The van der Waals surface area contributed by atoms with Gasteiger partial charge < -0.3 is 5.11 Å². The topological polar surface area (TPSA) is 72.2 Å². The highest BCUT2D eigenvalue weighted by Gasteiger charge is 2.23. The lowest BCUT2D eigenvalue weighted by Crippen LogP contribution is -2.28. The molecule has 7 heteroatoms. The lowest BCUT2D eigenvalue weighted by molar-refractivity contribution is -0.136. The number of nitrogens with zero attached hydrogens (tertiary/aromatic N) is 2. The minimum atomic E-state index is -1.18. The first-order valence-corrected chi connectivity index (χ1v) is 8.71. The van der Waals surface area contributed by atoms with Crippen LogP contribution in [0.3, 0.4) is 0 Å². The highest BCUT2D eigenvalue weighted by molar-refractivity contribution is 14.1. The van der Waals surface area contributed by atoms with Gasteiger partial charge in [-0.1, -0.05) is 30.3 Å². The summed E-state index contributed by atoms with van der Waals surface area (Å²) < 4.78 is 2.30. The van der Waals surface area contributed by atoms with Gasteiger partial charge in [-0.3, -0.25) is 14.2 Å². The maximum atomic E-state index is 12.9. The summed E-state index contributed by atoms with van der Waals surface area (Å²) in [4.78, 5) is 28.7. The molecule has 0 spiro atoms. The fraction of sp³-hybridized carbons (Fsp3) is 0.118. The molecule has 1 atom stereocenters. The van der Waals surface area contributed by atoms with Crippen LogP contribution >= 0.6 is 35.2 Å². The van der Waals surface area contributed by atoms with Gasteiger partial charge in [-0.15, -0.1) is 0 Å². The zero-order chi connectivity index (χ0) is 17.3. The first-order chi connectivity index (χ1) is 11.5. The molecule has 0 aliphatic carbocycles.